The first kappa shape index (κ1) is 27.6. The van der Waals surface area contributed by atoms with Gasteiger partial charge in [-0.3, -0.25) is 29.3 Å². The van der Waals surface area contributed by atoms with Gasteiger partial charge < -0.3 is 4.74 Å². The number of ether oxygens (including phenoxy) is 1. The van der Waals surface area contributed by atoms with Crippen molar-refractivity contribution in [2.75, 3.05) is 12.0 Å². The monoisotopic (exact) mass is 640 g/mol. The molecular weight excluding hydrogens is 612 g/mol. The van der Waals surface area contributed by atoms with Crippen molar-refractivity contribution in [2.24, 2.45) is 52.4 Å². The summed E-state index contributed by atoms with van der Waals surface area (Å²) in [7, 11) is 1.33. The Kier molecular flexibility index (Phi) is 5.25. The second kappa shape index (κ2) is 9.12. The molecule has 0 N–H and O–H groups in total. The number of benzene rings is 3. The van der Waals surface area contributed by atoms with Crippen LogP contribution in [0.4, 0.5) is 11.4 Å². The predicted octanol–water partition coefficient (Wildman–Crippen LogP) is 4.19. The Bertz CT molecular complexity index is 2040. The highest BCUT2D eigenvalue weighted by Crippen LogP contribution is 2.66. The van der Waals surface area contributed by atoms with Crippen LogP contribution < -0.4 is 9.64 Å². The Labute approximate surface area is 274 Å². The summed E-state index contributed by atoms with van der Waals surface area (Å²) in [5.41, 5.74) is 1.90. The second-order valence-electron chi connectivity index (χ2n) is 14.0. The molecule has 238 valence electrons. The largest absolute Gasteiger partial charge is 0.494 e. The number of non-ortho nitro benzene ring substituents is 1. The average Bonchev–Trinajstić information content (AvgIpc) is 3.84. The minimum atomic E-state index is -1.30. The summed E-state index contributed by atoms with van der Waals surface area (Å²) in [4.78, 5) is 69.4. The zero-order valence-corrected chi connectivity index (χ0v) is 25.6. The van der Waals surface area contributed by atoms with E-state index in [9.17, 15) is 29.3 Å². The molecule has 11 nitrogen and oxygen atoms in total. The fraction of sp³-hybridized carbons (Fsp3) is 0.324. The van der Waals surface area contributed by atoms with Crippen LogP contribution in [0.5, 0.6) is 5.75 Å². The predicted molar refractivity (Wildman–Crippen MR) is 170 cm³/mol. The standard InChI is InChI=1S/C37H28N4O7/c1-48-27-14-17(41(46)47)10-13-26(27)39-33(42)31-28-20-6-2-4-8-24(20)37(32(31)36(39)45,25-9-5-3-7-21(25)28)16-38-40-34(43)29-18-11-12-19(23-15-22(18)23)30(29)35(40)44/h2-14,16,18-19,22-23,28-32H,15H2,1H3/b38-16-/t18-,19-,22-,23+,28?,29+,30+,31+,32-,37?/m0/s1. The maximum atomic E-state index is 14.8. The van der Waals surface area contributed by atoms with Crippen molar-refractivity contribution in [2.45, 2.75) is 17.8 Å². The fourth-order valence-electron chi connectivity index (χ4n) is 10.5. The molecule has 4 amide bonds. The number of rotatable bonds is 5. The summed E-state index contributed by atoms with van der Waals surface area (Å²) in [5.74, 6) is -3.72. The summed E-state index contributed by atoms with van der Waals surface area (Å²) < 4.78 is 5.47. The van der Waals surface area contributed by atoms with Gasteiger partial charge >= 0.3 is 0 Å². The number of hydrazone groups is 1. The van der Waals surface area contributed by atoms with Crippen molar-refractivity contribution in [3.63, 3.8) is 0 Å². The van der Waals surface area contributed by atoms with Crippen molar-refractivity contribution in [3.8, 4) is 5.75 Å². The van der Waals surface area contributed by atoms with E-state index in [1.54, 1.807) is 6.21 Å². The van der Waals surface area contributed by atoms with E-state index in [2.05, 4.69) is 12.2 Å². The van der Waals surface area contributed by atoms with E-state index in [1.165, 1.54) is 25.3 Å². The number of imide groups is 2. The molecule has 8 atom stereocenters. The van der Waals surface area contributed by atoms with Crippen LogP contribution in [0.2, 0.25) is 0 Å². The normalized spacial score (nSPS) is 35.9. The minimum Gasteiger partial charge on any atom is -0.494 e. The van der Waals surface area contributed by atoms with Crippen LogP contribution in [0.1, 0.15) is 34.6 Å². The van der Waals surface area contributed by atoms with Crippen LogP contribution in [-0.2, 0) is 24.6 Å². The first-order valence-corrected chi connectivity index (χ1v) is 16.3. The van der Waals surface area contributed by atoms with E-state index < -0.39 is 51.7 Å². The smallest absolute Gasteiger partial charge is 0.273 e. The van der Waals surface area contributed by atoms with Crippen LogP contribution in [-0.4, -0.2) is 46.9 Å². The third-order valence-electron chi connectivity index (χ3n) is 12.3. The molecule has 48 heavy (non-hydrogen) atoms. The maximum Gasteiger partial charge on any atom is 0.273 e. The number of allylic oxidation sites excluding steroid dienone is 2. The van der Waals surface area contributed by atoms with Crippen LogP contribution >= 0.6 is 0 Å². The Morgan fingerprint density at radius 3 is 2.02 bits per heavy atom. The quantitative estimate of drug-likeness (QED) is 0.134. The SMILES string of the molecule is COc1cc([N+](=O)[O-])ccc1N1C(=O)[C@@H]2C3c4ccccc4C(/C=N\N4C(=O)[C@@H]5[C@H]6C=C[C@@H]([C@@H]7C[C@H]67)[C@H]5C4=O)(c4ccccc43)[C@@H]2C1=O. The lowest BCUT2D eigenvalue weighted by molar-refractivity contribution is -0.384. The van der Waals surface area contributed by atoms with Gasteiger partial charge in [0.2, 0.25) is 11.8 Å². The van der Waals surface area contributed by atoms with Crippen LogP contribution in [0.15, 0.2) is 84.0 Å². The molecule has 4 fully saturated rings. The van der Waals surface area contributed by atoms with Gasteiger partial charge in [0, 0.05) is 18.2 Å². The molecule has 12 rings (SSSR count). The molecule has 2 heterocycles. The van der Waals surface area contributed by atoms with Gasteiger partial charge in [-0.25, -0.2) is 4.90 Å². The Morgan fingerprint density at radius 1 is 0.833 bits per heavy atom. The van der Waals surface area contributed by atoms with Gasteiger partial charge in [0.1, 0.15) is 5.75 Å². The molecular formula is C37H28N4O7. The van der Waals surface area contributed by atoms with E-state index in [-0.39, 0.29) is 40.8 Å². The first-order chi connectivity index (χ1) is 23.3. The van der Waals surface area contributed by atoms with Crippen LogP contribution in [0, 0.1) is 57.5 Å². The lowest BCUT2D eigenvalue weighted by Crippen LogP contribution is -2.55. The number of nitro groups is 1. The number of hydrogen-bond acceptors (Lipinski definition) is 8. The van der Waals surface area contributed by atoms with Crippen LogP contribution in [0.3, 0.4) is 0 Å². The lowest BCUT2D eigenvalue weighted by Gasteiger charge is -2.52. The average molecular weight is 641 g/mol. The zero-order chi connectivity index (χ0) is 32.8. The number of anilines is 1. The number of nitrogens with zero attached hydrogens (tertiary/aromatic N) is 4. The van der Waals surface area contributed by atoms with Gasteiger partial charge in [-0.15, -0.1) is 0 Å². The van der Waals surface area contributed by atoms with Crippen molar-refractivity contribution in [1.29, 1.82) is 0 Å². The highest BCUT2D eigenvalue weighted by Gasteiger charge is 2.70. The maximum absolute atomic E-state index is 14.8. The molecule has 9 aliphatic rings. The molecule has 2 saturated carbocycles. The molecule has 0 spiro atoms. The third kappa shape index (κ3) is 3.12. The van der Waals surface area contributed by atoms with E-state index in [0.29, 0.717) is 11.8 Å². The van der Waals surface area contributed by atoms with Crippen molar-refractivity contribution >= 4 is 41.2 Å². The van der Waals surface area contributed by atoms with Gasteiger partial charge in [-0.05, 0) is 58.4 Å². The summed E-state index contributed by atoms with van der Waals surface area (Å²) in [6, 6.07) is 19.1. The Hall–Kier alpha value is -5.45. The minimum absolute atomic E-state index is 0.0202. The lowest BCUT2D eigenvalue weighted by atomic mass is 9.47. The first-order valence-electron chi connectivity index (χ1n) is 16.3. The number of amides is 4. The van der Waals surface area contributed by atoms with E-state index in [0.717, 1.165) is 38.6 Å². The summed E-state index contributed by atoms with van der Waals surface area (Å²) >= 11 is 0. The van der Waals surface area contributed by atoms with Gasteiger partial charge in [-0.1, -0.05) is 60.7 Å². The molecule has 7 aliphatic carbocycles. The molecule has 0 aromatic heterocycles. The molecule has 2 aliphatic heterocycles. The van der Waals surface area contributed by atoms with Gasteiger partial charge in [0.25, 0.3) is 17.5 Å². The van der Waals surface area contributed by atoms with E-state index >= 15 is 0 Å². The number of carbonyl (C=O) groups is 4. The molecule has 11 heteroatoms. The summed E-state index contributed by atoms with van der Waals surface area (Å²) in [5, 5.41) is 17.3. The molecule has 0 radical (unpaired) electrons. The third-order valence-corrected chi connectivity index (χ3v) is 12.3. The van der Waals surface area contributed by atoms with Crippen molar-refractivity contribution in [3.05, 3.63) is 111 Å². The number of carbonyl (C=O) groups excluding carboxylic acids is 4. The Balaban J connectivity index is 1.14. The van der Waals surface area contributed by atoms with Crippen molar-refractivity contribution in [1.82, 2.24) is 5.01 Å². The highest BCUT2D eigenvalue weighted by atomic mass is 16.6. The highest BCUT2D eigenvalue weighted by molar-refractivity contribution is 6.25. The molecule has 2 saturated heterocycles. The molecule has 3 aromatic rings. The van der Waals surface area contributed by atoms with Gasteiger partial charge in [0.15, 0.2) is 0 Å². The topological polar surface area (TPSA) is 139 Å². The van der Waals surface area contributed by atoms with Gasteiger partial charge in [-0.2, -0.15) is 10.1 Å². The van der Waals surface area contributed by atoms with E-state index in [4.69, 9.17) is 9.84 Å². The number of hydrogen-bond donors (Lipinski definition) is 0. The van der Waals surface area contributed by atoms with Crippen molar-refractivity contribution < 1.29 is 28.8 Å². The molecule has 4 bridgehead atoms. The zero-order valence-electron chi connectivity index (χ0n) is 25.6. The molecule has 0 unspecified atom stereocenters. The number of methoxy groups -OCH3 is 1. The van der Waals surface area contributed by atoms with Gasteiger partial charge in [0.05, 0.1) is 52.9 Å². The summed E-state index contributed by atoms with van der Waals surface area (Å²) in [6.07, 6.45) is 6.84. The summed E-state index contributed by atoms with van der Waals surface area (Å²) in [6.45, 7) is 0. The number of nitro benzene ring substituents is 1. The Morgan fingerprint density at radius 2 is 1.44 bits per heavy atom. The second-order valence-corrected chi connectivity index (χ2v) is 14.0. The fourth-order valence-corrected chi connectivity index (χ4v) is 10.5. The van der Waals surface area contributed by atoms with Crippen LogP contribution in [0.25, 0.3) is 0 Å². The van der Waals surface area contributed by atoms with E-state index in [1.807, 2.05) is 48.5 Å². The molecule has 3 aromatic carbocycles.